The van der Waals surface area contributed by atoms with Crippen LogP contribution in [0.15, 0.2) is 16.5 Å². The van der Waals surface area contributed by atoms with Gasteiger partial charge in [-0.1, -0.05) is 11.6 Å². The summed E-state index contributed by atoms with van der Waals surface area (Å²) >= 11 is 5.63. The minimum absolute atomic E-state index is 0.349. The van der Waals surface area contributed by atoms with Crippen LogP contribution in [0.3, 0.4) is 0 Å². The third-order valence-corrected chi connectivity index (χ3v) is 5.56. The summed E-state index contributed by atoms with van der Waals surface area (Å²) in [4.78, 5) is 2.22. The second-order valence-corrected chi connectivity index (χ2v) is 7.36. The highest BCUT2D eigenvalue weighted by atomic mass is 35.5. The van der Waals surface area contributed by atoms with Gasteiger partial charge in [0.1, 0.15) is 6.61 Å². The van der Waals surface area contributed by atoms with Crippen molar-refractivity contribution in [3.8, 4) is 5.88 Å². The van der Waals surface area contributed by atoms with Crippen molar-refractivity contribution in [1.82, 2.24) is 15.1 Å². The number of ether oxygens (including phenoxy) is 1. The first-order valence-corrected chi connectivity index (χ1v) is 8.29. The minimum atomic E-state index is -1.94. The van der Waals surface area contributed by atoms with Gasteiger partial charge in [-0.2, -0.15) is 0 Å². The molecule has 0 radical (unpaired) electrons. The van der Waals surface area contributed by atoms with Gasteiger partial charge in [-0.25, -0.2) is 8.57 Å². The van der Waals surface area contributed by atoms with Gasteiger partial charge < -0.3 is 4.74 Å². The van der Waals surface area contributed by atoms with Crippen LogP contribution in [0.25, 0.3) is 0 Å². The molecular weight excluding hydrogens is 288 g/mol. The summed E-state index contributed by atoms with van der Waals surface area (Å²) in [6.07, 6.45) is 0. The Morgan fingerprint density at radius 2 is 2.16 bits per heavy atom. The fourth-order valence-electron chi connectivity index (χ4n) is 1.82. The van der Waals surface area contributed by atoms with Crippen LogP contribution >= 0.6 is 11.6 Å². The lowest BCUT2D eigenvalue weighted by molar-refractivity contribution is 0.214. The normalized spacial score (nSPS) is 19.1. The molecule has 0 atom stereocenters. The molecule has 0 aromatic carbocycles. The Morgan fingerprint density at radius 1 is 1.42 bits per heavy atom. The van der Waals surface area contributed by atoms with E-state index in [1.807, 2.05) is 0 Å². The summed E-state index contributed by atoms with van der Waals surface area (Å²) in [5.41, 5.74) is 0. The molecule has 1 fully saturated rings. The zero-order chi connectivity index (χ0) is 13.7. The zero-order valence-electron chi connectivity index (χ0n) is 10.8. The van der Waals surface area contributed by atoms with Crippen molar-refractivity contribution in [2.75, 3.05) is 44.8 Å². The Labute approximate surface area is 118 Å². The Balaban J connectivity index is 1.73. The SMILES string of the molecule is CN=S1(=O)CCN(CCOc2ccc(Cl)nn2)CC1. The van der Waals surface area contributed by atoms with Crippen molar-refractivity contribution in [3.63, 3.8) is 0 Å². The Bertz CT molecular complexity index is 514. The molecule has 0 spiro atoms. The van der Waals surface area contributed by atoms with Crippen molar-refractivity contribution in [1.29, 1.82) is 0 Å². The second kappa shape index (κ2) is 6.49. The van der Waals surface area contributed by atoms with Gasteiger partial charge in [0.05, 0.1) is 0 Å². The molecular formula is C11H17ClN4O2S. The highest BCUT2D eigenvalue weighted by molar-refractivity contribution is 7.93. The lowest BCUT2D eigenvalue weighted by Crippen LogP contribution is -2.42. The quantitative estimate of drug-likeness (QED) is 0.827. The summed E-state index contributed by atoms with van der Waals surface area (Å²) in [5.74, 6) is 1.75. The van der Waals surface area contributed by atoms with Gasteiger partial charge in [-0.05, 0) is 6.07 Å². The van der Waals surface area contributed by atoms with E-state index in [0.717, 1.165) is 19.6 Å². The Morgan fingerprint density at radius 3 is 2.74 bits per heavy atom. The minimum Gasteiger partial charge on any atom is -0.475 e. The Hall–Kier alpha value is -0.920. The molecule has 1 saturated heterocycles. The van der Waals surface area contributed by atoms with Gasteiger partial charge in [0.2, 0.25) is 5.88 Å². The Kier molecular flexibility index (Phi) is 4.95. The summed E-state index contributed by atoms with van der Waals surface area (Å²) in [7, 11) is -0.298. The third-order valence-electron chi connectivity index (χ3n) is 3.05. The van der Waals surface area contributed by atoms with E-state index in [0.29, 0.717) is 29.1 Å². The maximum Gasteiger partial charge on any atom is 0.233 e. The summed E-state index contributed by atoms with van der Waals surface area (Å²) in [6, 6.07) is 3.33. The average molecular weight is 305 g/mol. The van der Waals surface area contributed by atoms with Crippen LogP contribution in [-0.4, -0.2) is 64.1 Å². The maximum absolute atomic E-state index is 12.0. The van der Waals surface area contributed by atoms with Gasteiger partial charge in [0.15, 0.2) is 5.15 Å². The second-order valence-electron chi connectivity index (χ2n) is 4.25. The first-order chi connectivity index (χ1) is 9.11. The molecule has 106 valence electrons. The number of nitrogens with zero attached hydrogens (tertiary/aromatic N) is 4. The molecule has 2 rings (SSSR count). The molecule has 1 aromatic rings. The third kappa shape index (κ3) is 4.29. The number of halogens is 1. The van der Waals surface area contributed by atoms with E-state index in [4.69, 9.17) is 16.3 Å². The van der Waals surface area contributed by atoms with Gasteiger partial charge in [-0.3, -0.25) is 4.90 Å². The van der Waals surface area contributed by atoms with Crippen LogP contribution < -0.4 is 4.74 Å². The lowest BCUT2D eigenvalue weighted by atomic mass is 10.5. The molecule has 0 amide bonds. The van der Waals surface area contributed by atoms with Crippen LogP contribution in [0.4, 0.5) is 0 Å². The smallest absolute Gasteiger partial charge is 0.233 e. The fourth-order valence-corrected chi connectivity index (χ4v) is 3.58. The van der Waals surface area contributed by atoms with E-state index < -0.39 is 9.73 Å². The summed E-state index contributed by atoms with van der Waals surface area (Å²) in [6.45, 7) is 2.90. The van der Waals surface area contributed by atoms with E-state index in [9.17, 15) is 4.21 Å². The van der Waals surface area contributed by atoms with Gasteiger partial charge >= 0.3 is 0 Å². The van der Waals surface area contributed by atoms with Crippen LogP contribution in [0.1, 0.15) is 0 Å². The maximum atomic E-state index is 12.0. The number of hydrogen-bond donors (Lipinski definition) is 0. The molecule has 19 heavy (non-hydrogen) atoms. The van der Waals surface area contributed by atoms with E-state index in [1.165, 1.54) is 0 Å². The number of hydrogen-bond acceptors (Lipinski definition) is 6. The lowest BCUT2D eigenvalue weighted by Gasteiger charge is -2.28. The average Bonchev–Trinajstić information content (AvgIpc) is 2.43. The van der Waals surface area contributed by atoms with Crippen molar-refractivity contribution in [2.45, 2.75) is 0 Å². The molecule has 0 aliphatic carbocycles. The van der Waals surface area contributed by atoms with Gasteiger partial charge in [0.25, 0.3) is 0 Å². The van der Waals surface area contributed by atoms with Crippen molar-refractivity contribution < 1.29 is 8.95 Å². The molecule has 0 saturated carbocycles. The van der Waals surface area contributed by atoms with E-state index in [2.05, 4.69) is 19.5 Å². The van der Waals surface area contributed by atoms with Crippen molar-refractivity contribution in [2.24, 2.45) is 4.36 Å². The molecule has 1 aliphatic heterocycles. The van der Waals surface area contributed by atoms with Gasteiger partial charge in [-0.15, -0.1) is 10.2 Å². The van der Waals surface area contributed by atoms with Crippen molar-refractivity contribution in [3.05, 3.63) is 17.3 Å². The fraction of sp³-hybridized carbons (Fsp3) is 0.636. The highest BCUT2D eigenvalue weighted by Crippen LogP contribution is 2.09. The first-order valence-electron chi connectivity index (χ1n) is 6.06. The van der Waals surface area contributed by atoms with Crippen LogP contribution in [0.2, 0.25) is 5.15 Å². The van der Waals surface area contributed by atoms with Crippen LogP contribution in [0.5, 0.6) is 5.88 Å². The molecule has 0 N–H and O–H groups in total. The largest absolute Gasteiger partial charge is 0.475 e. The predicted octanol–water partition coefficient (Wildman–Crippen LogP) is 0.922. The monoisotopic (exact) mass is 304 g/mol. The molecule has 1 aliphatic rings. The molecule has 6 nitrogen and oxygen atoms in total. The molecule has 1 aromatic heterocycles. The summed E-state index contributed by atoms with van der Waals surface area (Å²) in [5, 5.41) is 7.86. The standard InChI is InChI=1S/C11H17ClN4O2S/c1-13-19(17)8-5-16(6-9-19)4-7-18-11-3-2-10(12)14-15-11/h2-3H,4-9H2,1H3. The zero-order valence-corrected chi connectivity index (χ0v) is 12.4. The van der Waals surface area contributed by atoms with Crippen molar-refractivity contribution >= 4 is 21.3 Å². The summed E-state index contributed by atoms with van der Waals surface area (Å²) < 4.78 is 21.5. The molecule has 2 heterocycles. The van der Waals surface area contributed by atoms with E-state index in [1.54, 1.807) is 19.2 Å². The molecule has 0 bridgehead atoms. The van der Waals surface area contributed by atoms with E-state index >= 15 is 0 Å². The number of aromatic nitrogens is 2. The van der Waals surface area contributed by atoms with E-state index in [-0.39, 0.29) is 0 Å². The van der Waals surface area contributed by atoms with Crippen LogP contribution in [0, 0.1) is 0 Å². The predicted molar refractivity (Wildman–Crippen MR) is 75.2 cm³/mol. The number of rotatable bonds is 4. The van der Waals surface area contributed by atoms with Crippen LogP contribution in [-0.2, 0) is 9.73 Å². The first kappa shape index (κ1) is 14.5. The topological polar surface area (TPSA) is 67.7 Å². The van der Waals surface area contributed by atoms with Gasteiger partial charge in [0, 0.05) is 54.0 Å². The molecule has 0 unspecified atom stereocenters. The highest BCUT2D eigenvalue weighted by Gasteiger charge is 2.19. The molecule has 8 heteroatoms.